The fraction of sp³-hybridized carbons (Fsp3) is 0.929. The highest BCUT2D eigenvalue weighted by Crippen LogP contribution is 2.52. The Morgan fingerprint density at radius 3 is 2.67 bits per heavy atom. The second-order valence-corrected chi connectivity index (χ2v) is 7.88. The Balaban J connectivity index is 1.64. The normalized spacial score (nSPS) is 44.1. The van der Waals surface area contributed by atoms with Crippen molar-refractivity contribution in [1.82, 2.24) is 0 Å². The summed E-state index contributed by atoms with van der Waals surface area (Å²) in [6, 6.07) is 0. The third-order valence-electron chi connectivity index (χ3n) is 5.38. The molecule has 1 saturated heterocycles. The molecule has 120 valence electrons. The minimum absolute atomic E-state index is 0.0163. The van der Waals surface area contributed by atoms with E-state index in [-0.39, 0.29) is 18.1 Å². The smallest absolute Gasteiger partial charge is 0.372 e. The van der Waals surface area contributed by atoms with Crippen molar-refractivity contribution < 1.29 is 28.7 Å². The zero-order valence-corrected chi connectivity index (χ0v) is 13.1. The summed E-state index contributed by atoms with van der Waals surface area (Å²) in [4.78, 5) is 39.2. The van der Waals surface area contributed by atoms with Crippen molar-refractivity contribution in [2.24, 2.45) is 17.8 Å². The van der Waals surface area contributed by atoms with Gasteiger partial charge in [0.2, 0.25) is 0 Å². The Morgan fingerprint density at radius 1 is 1.19 bits per heavy atom. The number of ether oxygens (including phenoxy) is 1. The predicted octanol–water partition coefficient (Wildman–Crippen LogP) is 1.60. The van der Waals surface area contributed by atoms with Crippen LogP contribution in [0.2, 0.25) is 0 Å². The molecule has 6 unspecified atom stereocenters. The van der Waals surface area contributed by atoms with Crippen molar-refractivity contribution >= 4 is 14.0 Å². The van der Waals surface area contributed by atoms with Crippen molar-refractivity contribution in [3.05, 3.63) is 0 Å². The van der Waals surface area contributed by atoms with Crippen LogP contribution in [-0.2, 0) is 14.1 Å². The molecular weight excluding hydrogens is 295 g/mol. The van der Waals surface area contributed by atoms with Gasteiger partial charge in [0.15, 0.2) is 0 Å². The second kappa shape index (κ2) is 5.84. The van der Waals surface area contributed by atoms with Gasteiger partial charge in [0, 0.05) is 18.8 Å². The van der Waals surface area contributed by atoms with E-state index in [1.54, 1.807) is 0 Å². The largest absolute Gasteiger partial charge is 0.567 e. The molecule has 0 bridgehead atoms. The van der Waals surface area contributed by atoms with Crippen LogP contribution < -0.4 is 0 Å². The van der Waals surface area contributed by atoms with Crippen molar-refractivity contribution in [2.75, 3.05) is 0 Å². The third-order valence-corrected chi connectivity index (χ3v) is 5.94. The molecule has 0 aromatic carbocycles. The molecule has 7 heteroatoms. The van der Waals surface area contributed by atoms with E-state index >= 15 is 0 Å². The quantitative estimate of drug-likeness (QED) is 0.684. The number of carbonyl (C=O) groups excluding carboxylic acids is 1. The summed E-state index contributed by atoms with van der Waals surface area (Å²) in [5, 5.41) is 0. The Kier molecular flexibility index (Phi) is 4.39. The summed E-state index contributed by atoms with van der Waals surface area (Å²) in [5.41, 5.74) is 0. The number of carbonyl (C=O) groups is 1. The van der Waals surface area contributed by atoms with Crippen molar-refractivity contribution in [3.8, 4) is 0 Å². The Hall–Kier alpha value is -0.100. The first-order chi connectivity index (χ1) is 9.85. The summed E-state index contributed by atoms with van der Waals surface area (Å²) >= 11 is 0. The van der Waals surface area contributed by atoms with E-state index in [0.29, 0.717) is 30.5 Å². The molecule has 6 nitrogen and oxygen atoms in total. The van der Waals surface area contributed by atoms with Gasteiger partial charge < -0.3 is 4.74 Å². The van der Waals surface area contributed by atoms with Crippen LogP contribution in [0, 0.1) is 17.8 Å². The fourth-order valence-corrected chi connectivity index (χ4v) is 5.12. The van der Waals surface area contributed by atoms with E-state index in [2.05, 4.69) is 0 Å². The van der Waals surface area contributed by atoms with Gasteiger partial charge in [-0.25, -0.2) is 0 Å². The maximum Gasteiger partial charge on any atom is 0.567 e. The van der Waals surface area contributed by atoms with Gasteiger partial charge in [-0.2, -0.15) is 14.7 Å². The molecule has 2 saturated carbocycles. The van der Waals surface area contributed by atoms with Gasteiger partial charge in [0.25, 0.3) is 0 Å². The molecule has 6 atom stereocenters. The summed E-state index contributed by atoms with van der Waals surface area (Å²) in [6.45, 7) is 1.82. The zero-order chi connectivity index (χ0) is 15.2. The van der Waals surface area contributed by atoms with Crippen LogP contribution in [0.1, 0.15) is 45.4 Å². The van der Waals surface area contributed by atoms with Crippen LogP contribution >= 0.6 is 8.17 Å². The molecular formula is C14H24O6P+. The molecule has 3 aliphatic rings. The summed E-state index contributed by atoms with van der Waals surface area (Å²) in [6.07, 6.45) is 4.46. The first-order valence-electron chi connectivity index (χ1n) is 7.79. The summed E-state index contributed by atoms with van der Waals surface area (Å²) in [7, 11) is -4.23. The molecule has 0 amide bonds. The summed E-state index contributed by atoms with van der Waals surface area (Å²) < 4.78 is 10.9. The molecule has 3 N–H and O–H groups in total. The highest BCUT2D eigenvalue weighted by atomic mass is 31.2. The van der Waals surface area contributed by atoms with Crippen molar-refractivity contribution in [2.45, 2.75) is 63.8 Å². The molecule has 1 heterocycles. The van der Waals surface area contributed by atoms with Gasteiger partial charge in [-0.1, -0.05) is 0 Å². The van der Waals surface area contributed by atoms with Crippen LogP contribution in [0.15, 0.2) is 0 Å². The maximum absolute atomic E-state index is 12.0. The monoisotopic (exact) mass is 319 g/mol. The molecule has 21 heavy (non-hydrogen) atoms. The van der Waals surface area contributed by atoms with E-state index in [1.165, 1.54) is 0 Å². The first-order valence-corrected chi connectivity index (χ1v) is 9.35. The highest BCUT2D eigenvalue weighted by Gasteiger charge is 2.51. The van der Waals surface area contributed by atoms with Gasteiger partial charge >= 0.3 is 8.17 Å². The summed E-state index contributed by atoms with van der Waals surface area (Å²) in [5.74, 6) is 1.35. The topological polar surface area (TPSA) is 96.2 Å². The average molecular weight is 319 g/mol. The lowest BCUT2D eigenvalue weighted by atomic mass is 9.75. The lowest BCUT2D eigenvalue weighted by molar-refractivity contribution is -0.126. The van der Waals surface area contributed by atoms with Gasteiger partial charge in [-0.15, -0.1) is 4.52 Å². The lowest BCUT2D eigenvalue weighted by Crippen LogP contribution is -2.32. The number of rotatable bonds is 3. The number of fused-ring (bicyclic) bond motifs is 1. The fourth-order valence-electron chi connectivity index (χ4n) is 4.50. The molecule has 0 aromatic rings. The van der Waals surface area contributed by atoms with E-state index in [0.717, 1.165) is 25.7 Å². The van der Waals surface area contributed by atoms with E-state index < -0.39 is 14.3 Å². The standard InChI is InChI=1S/C14H24O6P/c1-8-13(20-21(16,17)18)7-14(19-8)11-6-5-10-9(11)3-2-4-12(10)15/h8-11,13-14,16-18H,2-7H2,1H3/q+1. The molecule has 3 fully saturated rings. The van der Waals surface area contributed by atoms with Gasteiger partial charge in [0.1, 0.15) is 11.9 Å². The van der Waals surface area contributed by atoms with Crippen LogP contribution in [0.25, 0.3) is 0 Å². The Bertz CT molecular complexity index is 409. The average Bonchev–Trinajstić information content (AvgIpc) is 2.93. The van der Waals surface area contributed by atoms with Crippen LogP contribution in [0.5, 0.6) is 0 Å². The Morgan fingerprint density at radius 2 is 1.95 bits per heavy atom. The molecule has 3 rings (SSSR count). The van der Waals surface area contributed by atoms with Gasteiger partial charge in [0.05, 0.1) is 12.2 Å². The minimum Gasteiger partial charge on any atom is -0.372 e. The molecule has 0 spiro atoms. The SMILES string of the molecule is CC1OC(C2CCC3C(=O)CCCC32)CC1O[P+](O)(O)O. The molecule has 1 aliphatic heterocycles. The van der Waals surface area contributed by atoms with Crippen molar-refractivity contribution in [1.29, 1.82) is 0 Å². The zero-order valence-electron chi connectivity index (χ0n) is 12.2. The lowest BCUT2D eigenvalue weighted by Gasteiger charge is -2.31. The second-order valence-electron chi connectivity index (χ2n) is 6.64. The van der Waals surface area contributed by atoms with Crippen LogP contribution in [0.3, 0.4) is 0 Å². The molecule has 0 radical (unpaired) electrons. The van der Waals surface area contributed by atoms with Crippen LogP contribution in [0.4, 0.5) is 0 Å². The number of Topliss-reactive ketones (excluding diaryl/α,β-unsaturated/α-hetero) is 1. The van der Waals surface area contributed by atoms with E-state index in [4.69, 9.17) is 23.9 Å². The number of hydrogen-bond acceptors (Lipinski definition) is 6. The molecule has 0 aromatic heterocycles. The first kappa shape index (κ1) is 15.8. The molecule has 2 aliphatic carbocycles. The van der Waals surface area contributed by atoms with Gasteiger partial charge in [-0.05, 0) is 44.4 Å². The van der Waals surface area contributed by atoms with Crippen LogP contribution in [-0.4, -0.2) is 38.8 Å². The Labute approximate surface area is 125 Å². The highest BCUT2D eigenvalue weighted by molar-refractivity contribution is 7.53. The van der Waals surface area contributed by atoms with E-state index in [1.807, 2.05) is 6.92 Å². The predicted molar refractivity (Wildman–Crippen MR) is 76.0 cm³/mol. The minimum atomic E-state index is -4.23. The maximum atomic E-state index is 12.0. The number of ketones is 1. The third kappa shape index (κ3) is 3.31. The number of hydrogen-bond donors (Lipinski definition) is 3. The van der Waals surface area contributed by atoms with E-state index in [9.17, 15) is 4.79 Å². The van der Waals surface area contributed by atoms with Crippen molar-refractivity contribution in [3.63, 3.8) is 0 Å². The van der Waals surface area contributed by atoms with Gasteiger partial charge in [-0.3, -0.25) is 4.79 Å².